The van der Waals surface area contributed by atoms with Crippen molar-refractivity contribution in [3.8, 4) is 11.4 Å². The van der Waals surface area contributed by atoms with E-state index in [2.05, 4.69) is 51.4 Å². The van der Waals surface area contributed by atoms with Gasteiger partial charge in [0, 0.05) is 58.9 Å². The topological polar surface area (TPSA) is 136 Å². The van der Waals surface area contributed by atoms with Crippen LogP contribution in [0.3, 0.4) is 0 Å². The summed E-state index contributed by atoms with van der Waals surface area (Å²) in [6.45, 7) is 17.0. The number of carbonyl (C=O) groups is 2. The molecule has 2 atom stereocenters. The Morgan fingerprint density at radius 2 is 1.23 bits per heavy atom. The molecule has 0 saturated carbocycles. The molecule has 0 aliphatic carbocycles. The molecule has 3 N–H and O–H groups in total. The van der Waals surface area contributed by atoms with Gasteiger partial charge in [-0.05, 0) is 72.4 Å². The zero-order chi connectivity index (χ0) is 43.6. The zero-order valence-electron chi connectivity index (χ0n) is 36.7. The zero-order valence-corrected chi connectivity index (χ0v) is 36.7. The summed E-state index contributed by atoms with van der Waals surface area (Å²) in [6.07, 6.45) is 0. The molecular weight excluding hydrogens is 777 g/mol. The Labute approximate surface area is 364 Å². The monoisotopic (exact) mass is 836 g/mol. The van der Waals surface area contributed by atoms with E-state index in [1.807, 2.05) is 117 Å². The molecule has 62 heavy (non-hydrogen) atoms. The van der Waals surface area contributed by atoms with Crippen LogP contribution in [-0.2, 0) is 21.5 Å². The van der Waals surface area contributed by atoms with E-state index in [9.17, 15) is 14.4 Å². The molecule has 2 amide bonds. The molecular formula is C50H60N8O4. The Balaban J connectivity index is 1.08. The van der Waals surface area contributed by atoms with Gasteiger partial charge < -0.3 is 20.4 Å². The Hall–Kier alpha value is -5.79. The Bertz CT molecular complexity index is 2430. The number of nitrogens with one attached hydrogen (secondary N) is 3. The normalized spacial score (nSPS) is 16.3. The molecule has 12 heteroatoms. The quantitative estimate of drug-likeness (QED) is 0.125. The molecule has 0 spiro atoms. The van der Waals surface area contributed by atoms with Crippen LogP contribution < -0.4 is 21.4 Å². The summed E-state index contributed by atoms with van der Waals surface area (Å²) in [4.78, 5) is 57.0. The predicted molar refractivity (Wildman–Crippen MR) is 247 cm³/mol. The van der Waals surface area contributed by atoms with Crippen LogP contribution >= 0.6 is 0 Å². The number of hydrogen-bond acceptors (Lipinski definition) is 10. The minimum absolute atomic E-state index is 0.0161. The second-order valence-corrected chi connectivity index (χ2v) is 17.4. The minimum Gasteiger partial charge on any atom is -0.437 e. The molecule has 324 valence electrons. The maximum absolute atomic E-state index is 13.6. The molecule has 1 saturated heterocycles. The maximum Gasteiger partial charge on any atom is 0.234 e. The molecule has 7 rings (SSSR count). The first kappa shape index (κ1) is 44.3. The lowest BCUT2D eigenvalue weighted by Gasteiger charge is -2.31. The highest BCUT2D eigenvalue weighted by Gasteiger charge is 2.21. The van der Waals surface area contributed by atoms with Gasteiger partial charge in [0.1, 0.15) is 5.58 Å². The number of rotatable bonds is 11. The average Bonchev–Trinajstić information content (AvgIpc) is 3.26. The van der Waals surface area contributed by atoms with Crippen LogP contribution in [-0.4, -0.2) is 102 Å². The van der Waals surface area contributed by atoms with E-state index in [0.717, 1.165) is 22.4 Å². The van der Waals surface area contributed by atoms with Crippen LogP contribution in [0, 0.1) is 0 Å². The van der Waals surface area contributed by atoms with E-state index < -0.39 is 0 Å². The molecule has 4 heterocycles. The van der Waals surface area contributed by atoms with Crippen LogP contribution in [0.15, 0.2) is 118 Å². The Morgan fingerprint density at radius 1 is 0.661 bits per heavy atom. The summed E-state index contributed by atoms with van der Waals surface area (Å²) in [5.41, 5.74) is 5.90. The SMILES string of the molecule is CC(NC(=O)CN1CCNCCN(CC(=O)NC(C)c2ccccc2)CCN(Cc2cccc(-c3ccc4c(=O)c5cc(C(C)(C)C)ccc5oc4n3)n2)CC1)c1ccccc1. The fourth-order valence-electron chi connectivity index (χ4n) is 7.89. The lowest BCUT2D eigenvalue weighted by molar-refractivity contribution is -0.123. The number of benzene rings is 3. The van der Waals surface area contributed by atoms with Crippen molar-refractivity contribution in [3.05, 3.63) is 142 Å². The van der Waals surface area contributed by atoms with Crippen molar-refractivity contribution in [1.82, 2.24) is 40.6 Å². The van der Waals surface area contributed by atoms with Gasteiger partial charge in [0.05, 0.1) is 53.0 Å². The molecule has 1 aliphatic heterocycles. The summed E-state index contributed by atoms with van der Waals surface area (Å²) in [5.74, 6) is -0.0321. The first-order chi connectivity index (χ1) is 29.9. The number of nitrogens with zero attached hydrogens (tertiary/aromatic N) is 5. The van der Waals surface area contributed by atoms with E-state index in [4.69, 9.17) is 14.4 Å². The Morgan fingerprint density at radius 3 is 1.81 bits per heavy atom. The second-order valence-electron chi connectivity index (χ2n) is 17.4. The number of fused-ring (bicyclic) bond motifs is 2. The summed E-state index contributed by atoms with van der Waals surface area (Å²) in [7, 11) is 0. The van der Waals surface area contributed by atoms with Crippen molar-refractivity contribution in [1.29, 1.82) is 0 Å². The van der Waals surface area contributed by atoms with E-state index >= 15 is 0 Å². The van der Waals surface area contributed by atoms with Gasteiger partial charge in [-0.3, -0.25) is 29.1 Å². The van der Waals surface area contributed by atoms with Gasteiger partial charge in [-0.1, -0.05) is 93.6 Å². The third-order valence-corrected chi connectivity index (χ3v) is 11.6. The standard InChI is InChI=1S/C50H60N8O4/c1-35(37-13-8-6-9-14-37)52-46(59)33-56-25-23-51-24-26-57(34-47(60)53-36(2)38-15-10-7-11-16-38)28-30-58(29-27-56)32-40-17-12-18-43(54-40)44-21-20-41-48(61)42-31-39(50(3,4)5)19-22-45(42)62-49(41)55-44/h6-22,31,35-36,51H,23-30,32-34H2,1-5H3,(H,52,59)(H,53,60). The van der Waals surface area contributed by atoms with Gasteiger partial charge in [0.25, 0.3) is 0 Å². The fraction of sp³-hybridized carbons (Fsp3) is 0.380. The molecule has 6 aromatic rings. The van der Waals surface area contributed by atoms with Crippen LogP contribution in [0.5, 0.6) is 0 Å². The first-order valence-electron chi connectivity index (χ1n) is 21.8. The molecule has 2 unspecified atom stereocenters. The second kappa shape index (κ2) is 20.4. The largest absolute Gasteiger partial charge is 0.437 e. The molecule has 3 aromatic heterocycles. The third kappa shape index (κ3) is 11.8. The average molecular weight is 837 g/mol. The highest BCUT2D eigenvalue weighted by atomic mass is 16.3. The highest BCUT2D eigenvalue weighted by Crippen LogP contribution is 2.27. The van der Waals surface area contributed by atoms with Gasteiger partial charge in [-0.2, -0.15) is 0 Å². The number of pyridine rings is 2. The van der Waals surface area contributed by atoms with Gasteiger partial charge in [0.15, 0.2) is 0 Å². The van der Waals surface area contributed by atoms with Crippen LogP contribution in [0.2, 0.25) is 0 Å². The summed E-state index contributed by atoms with van der Waals surface area (Å²) < 4.78 is 6.22. The molecule has 1 aliphatic rings. The highest BCUT2D eigenvalue weighted by molar-refractivity contribution is 5.89. The number of carbonyl (C=O) groups excluding carboxylic acids is 2. The lowest BCUT2D eigenvalue weighted by Crippen LogP contribution is -2.48. The van der Waals surface area contributed by atoms with E-state index in [-0.39, 0.29) is 53.5 Å². The number of aromatic nitrogens is 2. The van der Waals surface area contributed by atoms with Gasteiger partial charge >= 0.3 is 0 Å². The molecule has 3 aromatic carbocycles. The van der Waals surface area contributed by atoms with Gasteiger partial charge in [0.2, 0.25) is 23.0 Å². The predicted octanol–water partition coefficient (Wildman–Crippen LogP) is 6.46. The Kier molecular flexibility index (Phi) is 14.6. The maximum atomic E-state index is 13.6. The summed E-state index contributed by atoms with van der Waals surface area (Å²) in [5, 5.41) is 10.9. The smallest absolute Gasteiger partial charge is 0.234 e. The van der Waals surface area contributed by atoms with Gasteiger partial charge in [-0.15, -0.1) is 0 Å². The minimum atomic E-state index is -0.107. The van der Waals surface area contributed by atoms with Crippen LogP contribution in [0.4, 0.5) is 0 Å². The van der Waals surface area contributed by atoms with E-state index in [1.54, 1.807) is 6.07 Å². The molecule has 12 nitrogen and oxygen atoms in total. The van der Waals surface area contributed by atoms with Crippen molar-refractivity contribution in [2.24, 2.45) is 0 Å². The van der Waals surface area contributed by atoms with Crippen LogP contribution in [0.25, 0.3) is 33.5 Å². The molecule has 0 bridgehead atoms. The summed E-state index contributed by atoms with van der Waals surface area (Å²) in [6, 6.07) is 35.1. The van der Waals surface area contributed by atoms with Crippen molar-refractivity contribution < 1.29 is 14.0 Å². The van der Waals surface area contributed by atoms with Crippen molar-refractivity contribution in [2.75, 3.05) is 65.4 Å². The van der Waals surface area contributed by atoms with Crippen molar-refractivity contribution in [3.63, 3.8) is 0 Å². The lowest BCUT2D eigenvalue weighted by atomic mass is 9.86. The van der Waals surface area contributed by atoms with Crippen molar-refractivity contribution >= 4 is 33.9 Å². The summed E-state index contributed by atoms with van der Waals surface area (Å²) >= 11 is 0. The van der Waals surface area contributed by atoms with Crippen molar-refractivity contribution in [2.45, 2.75) is 58.7 Å². The fourth-order valence-corrected chi connectivity index (χ4v) is 7.89. The van der Waals surface area contributed by atoms with E-state index in [0.29, 0.717) is 86.6 Å². The van der Waals surface area contributed by atoms with E-state index in [1.165, 1.54) is 0 Å². The molecule has 1 fully saturated rings. The van der Waals surface area contributed by atoms with Gasteiger partial charge in [-0.25, -0.2) is 9.97 Å². The number of hydrogen-bond donors (Lipinski definition) is 3. The first-order valence-corrected chi connectivity index (χ1v) is 21.8. The number of amides is 2. The molecule has 0 radical (unpaired) electrons. The van der Waals surface area contributed by atoms with Crippen LogP contribution in [0.1, 0.15) is 69.1 Å². The third-order valence-electron chi connectivity index (χ3n) is 11.6.